The van der Waals surface area contributed by atoms with Gasteiger partial charge in [0, 0.05) is 49.7 Å². The Balaban J connectivity index is 1.25. The van der Waals surface area contributed by atoms with Crippen LogP contribution >= 0.6 is 11.3 Å². The van der Waals surface area contributed by atoms with Gasteiger partial charge in [0.05, 0.1) is 25.1 Å². The molecule has 34 heavy (non-hydrogen) atoms. The molecule has 1 amide bonds. The van der Waals surface area contributed by atoms with Gasteiger partial charge in [-0.2, -0.15) is 0 Å². The predicted molar refractivity (Wildman–Crippen MR) is 130 cm³/mol. The molecule has 3 aliphatic rings. The zero-order chi connectivity index (χ0) is 23.1. The molecule has 9 heteroatoms. The molecule has 0 bridgehead atoms. The number of hydrogen-bond acceptors (Lipinski definition) is 7. The molecule has 0 saturated carbocycles. The van der Waals surface area contributed by atoms with Crippen LogP contribution in [-0.2, 0) is 24.1 Å². The molecule has 0 spiro atoms. The number of anilines is 1. The van der Waals surface area contributed by atoms with Crippen molar-refractivity contribution < 1.29 is 13.9 Å². The summed E-state index contributed by atoms with van der Waals surface area (Å²) in [6.45, 7) is 6.74. The minimum Gasteiger partial charge on any atom is -0.379 e. The van der Waals surface area contributed by atoms with Gasteiger partial charge in [0.1, 0.15) is 22.3 Å². The topological polar surface area (TPSA) is 61.8 Å². The van der Waals surface area contributed by atoms with E-state index in [0.717, 1.165) is 75.3 Å². The van der Waals surface area contributed by atoms with Gasteiger partial charge in [-0.15, -0.1) is 11.3 Å². The van der Waals surface area contributed by atoms with Gasteiger partial charge in [-0.25, -0.2) is 14.4 Å². The summed E-state index contributed by atoms with van der Waals surface area (Å²) in [5, 5.41) is 1.22. The Hall–Kier alpha value is -2.62. The average Bonchev–Trinajstić information content (AvgIpc) is 3.46. The summed E-state index contributed by atoms with van der Waals surface area (Å²) < 4.78 is 18.8. The summed E-state index contributed by atoms with van der Waals surface area (Å²) in [7, 11) is 0. The summed E-state index contributed by atoms with van der Waals surface area (Å²) in [6, 6.07) is 5.80. The van der Waals surface area contributed by atoms with Crippen molar-refractivity contribution in [3.8, 4) is 0 Å². The highest BCUT2D eigenvalue weighted by atomic mass is 32.1. The minimum absolute atomic E-state index is 0.0445. The number of amides is 1. The summed E-state index contributed by atoms with van der Waals surface area (Å²) in [6.07, 6.45) is 3.43. The van der Waals surface area contributed by atoms with Crippen LogP contribution in [0.1, 0.15) is 33.0 Å². The average molecular weight is 482 g/mol. The first-order valence-electron chi connectivity index (χ1n) is 12.1. The third-order valence-corrected chi connectivity index (χ3v) is 8.20. The van der Waals surface area contributed by atoms with Gasteiger partial charge in [-0.05, 0) is 49.1 Å². The van der Waals surface area contributed by atoms with E-state index in [1.54, 1.807) is 12.1 Å². The van der Waals surface area contributed by atoms with Crippen molar-refractivity contribution in [2.24, 2.45) is 0 Å². The number of carbonyl (C=O) groups excluding carboxylic acids is 1. The number of nitrogens with zero attached hydrogens (tertiary/aromatic N) is 5. The van der Waals surface area contributed by atoms with E-state index >= 15 is 0 Å². The van der Waals surface area contributed by atoms with E-state index in [4.69, 9.17) is 14.7 Å². The molecule has 0 atom stereocenters. The normalized spacial score (nSPS) is 19.1. The van der Waals surface area contributed by atoms with Crippen LogP contribution in [0.5, 0.6) is 0 Å². The lowest BCUT2D eigenvalue weighted by Gasteiger charge is -2.36. The summed E-state index contributed by atoms with van der Waals surface area (Å²) in [5.74, 6) is 1.53. The molecule has 4 heterocycles. The number of piperazine rings is 1. The van der Waals surface area contributed by atoms with Crippen LogP contribution in [0.4, 0.5) is 10.2 Å². The Labute approximate surface area is 202 Å². The smallest absolute Gasteiger partial charge is 0.253 e. The molecule has 178 valence electrons. The van der Waals surface area contributed by atoms with E-state index in [1.165, 1.54) is 34.4 Å². The maximum atomic E-state index is 13.3. The highest BCUT2D eigenvalue weighted by Gasteiger charge is 2.28. The fourth-order valence-corrected chi connectivity index (χ4v) is 6.45. The molecule has 0 unspecified atom stereocenters. The molecule has 0 N–H and O–H groups in total. The molecule has 2 aliphatic heterocycles. The maximum Gasteiger partial charge on any atom is 0.253 e. The first-order chi connectivity index (χ1) is 16.7. The van der Waals surface area contributed by atoms with Crippen molar-refractivity contribution in [2.75, 3.05) is 57.4 Å². The largest absolute Gasteiger partial charge is 0.379 e. The Morgan fingerprint density at radius 1 is 1.00 bits per heavy atom. The Bertz CT molecular complexity index is 1200. The molecule has 1 aromatic carbocycles. The van der Waals surface area contributed by atoms with Crippen molar-refractivity contribution in [3.63, 3.8) is 0 Å². The maximum absolute atomic E-state index is 13.3. The lowest BCUT2D eigenvalue weighted by atomic mass is 10.1. The zero-order valence-electron chi connectivity index (χ0n) is 19.1. The van der Waals surface area contributed by atoms with E-state index in [-0.39, 0.29) is 11.7 Å². The second-order valence-electron chi connectivity index (χ2n) is 9.18. The highest BCUT2D eigenvalue weighted by Crippen LogP contribution is 2.41. The summed E-state index contributed by atoms with van der Waals surface area (Å²) in [4.78, 5) is 32.1. The quantitative estimate of drug-likeness (QED) is 0.571. The predicted octanol–water partition coefficient (Wildman–Crippen LogP) is 3.11. The van der Waals surface area contributed by atoms with Crippen molar-refractivity contribution in [3.05, 3.63) is 51.9 Å². The van der Waals surface area contributed by atoms with Crippen LogP contribution in [0.15, 0.2) is 24.3 Å². The van der Waals surface area contributed by atoms with Crippen molar-refractivity contribution in [2.45, 2.75) is 25.8 Å². The van der Waals surface area contributed by atoms with Crippen LogP contribution in [-0.4, -0.2) is 78.2 Å². The van der Waals surface area contributed by atoms with Crippen LogP contribution < -0.4 is 4.90 Å². The molecule has 6 rings (SSSR count). The molecule has 1 aliphatic carbocycles. The number of fused-ring (bicyclic) bond motifs is 3. The first-order valence-corrected chi connectivity index (χ1v) is 12.9. The van der Waals surface area contributed by atoms with Crippen molar-refractivity contribution in [1.29, 1.82) is 0 Å². The number of morpholine rings is 1. The SMILES string of the molecule is O=C(c1ccc(F)cc1)N1CCN(c2nc(CN3CCOCC3)nc3sc4c(c23)CCC4)CC1. The zero-order valence-corrected chi connectivity index (χ0v) is 19.9. The number of carbonyl (C=O) groups is 1. The Kier molecular flexibility index (Phi) is 5.92. The number of thiophene rings is 1. The van der Waals surface area contributed by atoms with Gasteiger partial charge in [0.2, 0.25) is 0 Å². The van der Waals surface area contributed by atoms with Crippen LogP contribution in [0, 0.1) is 5.82 Å². The number of ether oxygens (including phenoxy) is 1. The van der Waals surface area contributed by atoms with Gasteiger partial charge in [-0.3, -0.25) is 9.69 Å². The van der Waals surface area contributed by atoms with Crippen molar-refractivity contribution in [1.82, 2.24) is 19.8 Å². The Morgan fingerprint density at radius 2 is 1.76 bits per heavy atom. The third-order valence-electron chi connectivity index (χ3n) is 7.02. The van der Waals surface area contributed by atoms with Gasteiger partial charge in [0.25, 0.3) is 5.91 Å². The van der Waals surface area contributed by atoms with E-state index < -0.39 is 0 Å². The number of aromatic nitrogens is 2. The molecule has 0 radical (unpaired) electrons. The standard InChI is InChI=1S/C25H28FN5O2S/c26-18-6-4-17(5-7-18)25(32)31-10-8-30(9-11-31)23-22-19-2-1-3-20(19)34-24(22)28-21(27-23)16-29-12-14-33-15-13-29/h4-7H,1-3,8-16H2. The number of benzene rings is 1. The summed E-state index contributed by atoms with van der Waals surface area (Å²) in [5.41, 5.74) is 1.96. The molecular weight excluding hydrogens is 453 g/mol. The molecule has 2 aromatic heterocycles. The second kappa shape index (κ2) is 9.20. The lowest BCUT2D eigenvalue weighted by Crippen LogP contribution is -2.49. The third kappa shape index (κ3) is 4.16. The fourth-order valence-electron chi connectivity index (χ4n) is 5.17. The summed E-state index contributed by atoms with van der Waals surface area (Å²) >= 11 is 1.83. The van der Waals surface area contributed by atoms with Gasteiger partial charge < -0.3 is 14.5 Å². The van der Waals surface area contributed by atoms with E-state index in [9.17, 15) is 9.18 Å². The number of rotatable bonds is 4. The van der Waals surface area contributed by atoms with Crippen molar-refractivity contribution >= 4 is 33.3 Å². The molecule has 7 nitrogen and oxygen atoms in total. The fraction of sp³-hybridized carbons (Fsp3) is 0.480. The van der Waals surface area contributed by atoms with E-state index in [1.807, 2.05) is 16.2 Å². The highest BCUT2D eigenvalue weighted by molar-refractivity contribution is 7.19. The molecular formula is C25H28FN5O2S. The number of halogens is 1. The lowest BCUT2D eigenvalue weighted by molar-refractivity contribution is 0.0331. The van der Waals surface area contributed by atoms with Gasteiger partial charge in [0.15, 0.2) is 0 Å². The number of aryl methyl sites for hydroxylation is 2. The molecule has 2 fully saturated rings. The molecule has 2 saturated heterocycles. The minimum atomic E-state index is -0.328. The second-order valence-corrected chi connectivity index (χ2v) is 10.3. The van der Waals surface area contributed by atoms with E-state index in [2.05, 4.69) is 9.80 Å². The first kappa shape index (κ1) is 21.9. The Morgan fingerprint density at radius 3 is 2.53 bits per heavy atom. The van der Waals surface area contributed by atoms with Gasteiger partial charge in [-0.1, -0.05) is 0 Å². The van der Waals surface area contributed by atoms with Gasteiger partial charge >= 0.3 is 0 Å². The monoisotopic (exact) mass is 481 g/mol. The van der Waals surface area contributed by atoms with Crippen LogP contribution in [0.2, 0.25) is 0 Å². The molecule has 3 aromatic rings. The van der Waals surface area contributed by atoms with E-state index in [0.29, 0.717) is 18.7 Å². The number of hydrogen-bond donors (Lipinski definition) is 0. The van der Waals surface area contributed by atoms with Crippen LogP contribution in [0.25, 0.3) is 10.2 Å². The van der Waals surface area contributed by atoms with Crippen LogP contribution in [0.3, 0.4) is 0 Å².